The number of carbonyl (C=O) groups excluding carboxylic acids is 1. The summed E-state index contributed by atoms with van der Waals surface area (Å²) < 4.78 is 0. The third kappa shape index (κ3) is 3.71. The van der Waals surface area contributed by atoms with Gasteiger partial charge in [-0.05, 0) is 31.1 Å². The number of hydrogen-bond acceptors (Lipinski definition) is 2. The zero-order valence-corrected chi connectivity index (χ0v) is 13.7. The van der Waals surface area contributed by atoms with Gasteiger partial charge in [0.25, 0.3) is 0 Å². The van der Waals surface area contributed by atoms with Crippen LogP contribution in [0.5, 0.6) is 0 Å². The normalized spacial score (nSPS) is 27.4. The second-order valence-electron chi connectivity index (χ2n) is 6.92. The molecule has 1 N–H and O–H groups in total. The molecule has 0 bridgehead atoms. The minimum absolute atomic E-state index is 0.00761. The number of hydrogen-bond donors (Lipinski definition) is 1. The Morgan fingerprint density at radius 2 is 1.68 bits per heavy atom. The maximum Gasteiger partial charge on any atom is 0.241 e. The lowest BCUT2D eigenvalue weighted by molar-refractivity contribution is -0.133. The maximum atomic E-state index is 12.6. The van der Waals surface area contributed by atoms with Crippen LogP contribution in [0.1, 0.15) is 61.3 Å². The van der Waals surface area contributed by atoms with Crippen LogP contribution in [-0.4, -0.2) is 29.1 Å². The van der Waals surface area contributed by atoms with Crippen LogP contribution >= 0.6 is 0 Å². The van der Waals surface area contributed by atoms with Crippen molar-refractivity contribution in [1.82, 2.24) is 10.2 Å². The molecule has 3 nitrogen and oxygen atoms in total. The quantitative estimate of drug-likeness (QED) is 0.802. The van der Waals surface area contributed by atoms with Gasteiger partial charge >= 0.3 is 0 Å². The summed E-state index contributed by atoms with van der Waals surface area (Å²) in [5, 5.41) is 3.54. The molecule has 1 rings (SSSR count). The van der Waals surface area contributed by atoms with Gasteiger partial charge in [0, 0.05) is 6.04 Å². The molecule has 0 radical (unpaired) electrons. The highest BCUT2D eigenvalue weighted by Crippen LogP contribution is 2.26. The van der Waals surface area contributed by atoms with Crippen LogP contribution in [0.15, 0.2) is 0 Å². The minimum Gasteiger partial charge on any atom is -0.323 e. The van der Waals surface area contributed by atoms with Crippen LogP contribution in [-0.2, 0) is 4.79 Å². The van der Waals surface area contributed by atoms with Gasteiger partial charge in [0.1, 0.15) is 0 Å². The predicted octanol–water partition coefficient (Wildman–Crippen LogP) is 3.25. The molecule has 0 aromatic carbocycles. The summed E-state index contributed by atoms with van der Waals surface area (Å²) in [5.41, 5.74) is 0. The zero-order chi connectivity index (χ0) is 14.7. The highest BCUT2D eigenvalue weighted by atomic mass is 16.2. The van der Waals surface area contributed by atoms with Crippen molar-refractivity contribution in [3.63, 3.8) is 0 Å². The van der Waals surface area contributed by atoms with E-state index in [1.807, 2.05) is 0 Å². The van der Waals surface area contributed by atoms with Crippen molar-refractivity contribution in [2.24, 2.45) is 17.8 Å². The summed E-state index contributed by atoms with van der Waals surface area (Å²) in [6, 6.07) is 0.317. The molecule has 19 heavy (non-hydrogen) atoms. The molecule has 4 atom stereocenters. The average Bonchev–Trinajstić information content (AvgIpc) is 2.66. The third-order valence-electron chi connectivity index (χ3n) is 4.38. The summed E-state index contributed by atoms with van der Waals surface area (Å²) in [6.45, 7) is 15.3. The summed E-state index contributed by atoms with van der Waals surface area (Å²) in [4.78, 5) is 14.7. The number of nitrogens with zero attached hydrogens (tertiary/aromatic N) is 1. The minimum atomic E-state index is -0.00761. The smallest absolute Gasteiger partial charge is 0.241 e. The van der Waals surface area contributed by atoms with E-state index in [2.05, 4.69) is 58.7 Å². The van der Waals surface area contributed by atoms with E-state index in [4.69, 9.17) is 0 Å². The molecule has 1 heterocycles. The molecule has 0 aromatic heterocycles. The first kappa shape index (κ1) is 16.5. The van der Waals surface area contributed by atoms with Crippen LogP contribution in [0.3, 0.4) is 0 Å². The van der Waals surface area contributed by atoms with Gasteiger partial charge in [0.2, 0.25) is 5.91 Å². The molecular formula is C16H32N2O. The van der Waals surface area contributed by atoms with Gasteiger partial charge in [-0.2, -0.15) is 0 Å². The van der Waals surface area contributed by atoms with Crippen LogP contribution in [0.4, 0.5) is 0 Å². The highest BCUT2D eigenvalue weighted by molar-refractivity contribution is 5.85. The van der Waals surface area contributed by atoms with Crippen LogP contribution < -0.4 is 5.32 Å². The molecule has 1 saturated heterocycles. The Hall–Kier alpha value is -0.570. The van der Waals surface area contributed by atoms with E-state index >= 15 is 0 Å². The van der Waals surface area contributed by atoms with E-state index in [1.54, 1.807) is 0 Å². The Balaban J connectivity index is 2.84. The maximum absolute atomic E-state index is 12.6. The first-order valence-corrected chi connectivity index (χ1v) is 7.87. The second kappa shape index (κ2) is 6.74. The van der Waals surface area contributed by atoms with Gasteiger partial charge in [-0.15, -0.1) is 0 Å². The van der Waals surface area contributed by atoms with Gasteiger partial charge in [0.15, 0.2) is 0 Å². The van der Waals surface area contributed by atoms with Crippen molar-refractivity contribution in [3.05, 3.63) is 0 Å². The van der Waals surface area contributed by atoms with Crippen molar-refractivity contribution in [1.29, 1.82) is 0 Å². The Kier molecular flexibility index (Phi) is 5.84. The third-order valence-corrected chi connectivity index (χ3v) is 4.38. The Bertz CT molecular complexity index is 301. The van der Waals surface area contributed by atoms with Crippen LogP contribution in [0, 0.1) is 17.8 Å². The standard InChI is InChI=1S/C16H32N2O/c1-8-12(6)9-13(7)18-15(11(4)5)17-14(10(2)3)16(18)19/h10-15,17H,8-9H2,1-7H3. The molecule has 0 aliphatic carbocycles. The van der Waals surface area contributed by atoms with Crippen molar-refractivity contribution < 1.29 is 4.79 Å². The average molecular weight is 268 g/mol. The van der Waals surface area contributed by atoms with Gasteiger partial charge in [-0.1, -0.05) is 48.0 Å². The summed E-state index contributed by atoms with van der Waals surface area (Å²) >= 11 is 0. The molecule has 112 valence electrons. The van der Waals surface area contributed by atoms with E-state index < -0.39 is 0 Å². The lowest BCUT2D eigenvalue weighted by atomic mass is 9.98. The lowest BCUT2D eigenvalue weighted by Gasteiger charge is -2.34. The summed E-state index contributed by atoms with van der Waals surface area (Å²) in [7, 11) is 0. The van der Waals surface area contributed by atoms with Crippen molar-refractivity contribution in [2.75, 3.05) is 0 Å². The lowest BCUT2D eigenvalue weighted by Crippen LogP contribution is -2.46. The number of nitrogens with one attached hydrogen (secondary N) is 1. The molecule has 0 aromatic rings. The molecule has 1 fully saturated rings. The fourth-order valence-electron chi connectivity index (χ4n) is 2.98. The molecule has 0 spiro atoms. The largest absolute Gasteiger partial charge is 0.323 e. The van der Waals surface area contributed by atoms with E-state index in [0.29, 0.717) is 29.7 Å². The van der Waals surface area contributed by atoms with Crippen molar-refractivity contribution in [2.45, 2.75) is 79.6 Å². The van der Waals surface area contributed by atoms with Gasteiger partial charge in [-0.3, -0.25) is 10.1 Å². The summed E-state index contributed by atoms with van der Waals surface area (Å²) in [6.07, 6.45) is 2.47. The number of amides is 1. The van der Waals surface area contributed by atoms with E-state index in [0.717, 1.165) is 6.42 Å². The summed E-state index contributed by atoms with van der Waals surface area (Å²) in [5.74, 6) is 1.78. The Labute approximate surface area is 119 Å². The van der Waals surface area contributed by atoms with Crippen LogP contribution in [0.25, 0.3) is 0 Å². The fraction of sp³-hybridized carbons (Fsp3) is 0.938. The topological polar surface area (TPSA) is 32.3 Å². The zero-order valence-electron chi connectivity index (χ0n) is 13.7. The first-order valence-electron chi connectivity index (χ1n) is 7.87. The molecule has 0 saturated carbocycles. The van der Waals surface area contributed by atoms with Crippen molar-refractivity contribution >= 4 is 5.91 Å². The first-order chi connectivity index (χ1) is 8.79. The van der Waals surface area contributed by atoms with E-state index in [1.165, 1.54) is 6.42 Å². The van der Waals surface area contributed by atoms with E-state index in [-0.39, 0.29) is 12.2 Å². The molecule has 4 unspecified atom stereocenters. The predicted molar refractivity (Wildman–Crippen MR) is 80.8 cm³/mol. The number of carbonyl (C=O) groups is 1. The highest BCUT2D eigenvalue weighted by Gasteiger charge is 2.43. The van der Waals surface area contributed by atoms with Crippen LogP contribution in [0.2, 0.25) is 0 Å². The van der Waals surface area contributed by atoms with Gasteiger partial charge < -0.3 is 4.90 Å². The van der Waals surface area contributed by atoms with E-state index in [9.17, 15) is 4.79 Å². The molecule has 1 amide bonds. The molecular weight excluding hydrogens is 236 g/mol. The molecule has 1 aliphatic rings. The molecule has 1 aliphatic heterocycles. The Morgan fingerprint density at radius 3 is 2.11 bits per heavy atom. The van der Waals surface area contributed by atoms with Gasteiger partial charge in [-0.25, -0.2) is 0 Å². The van der Waals surface area contributed by atoms with Gasteiger partial charge in [0.05, 0.1) is 12.2 Å². The number of rotatable bonds is 6. The molecule has 3 heteroatoms. The van der Waals surface area contributed by atoms with Crippen molar-refractivity contribution in [3.8, 4) is 0 Å². The Morgan fingerprint density at radius 1 is 1.11 bits per heavy atom. The fourth-order valence-corrected chi connectivity index (χ4v) is 2.98. The monoisotopic (exact) mass is 268 g/mol. The second-order valence-corrected chi connectivity index (χ2v) is 6.92. The SMILES string of the molecule is CCC(C)CC(C)N1C(=O)C(C(C)C)NC1C(C)C.